The summed E-state index contributed by atoms with van der Waals surface area (Å²) in [7, 11) is 1.41. The average molecular weight is 307 g/mol. The summed E-state index contributed by atoms with van der Waals surface area (Å²) in [5, 5.41) is 0.158. The molecule has 0 aliphatic carbocycles. The van der Waals surface area contributed by atoms with E-state index in [4.69, 9.17) is 0 Å². The number of benzene rings is 2. The minimum absolute atomic E-state index is 0.153. The summed E-state index contributed by atoms with van der Waals surface area (Å²) in [4.78, 5) is 11.9. The molecule has 0 aliphatic rings. The average Bonchev–Trinajstić information content (AvgIpc) is 2.39. The van der Waals surface area contributed by atoms with Crippen LogP contribution in [0.4, 0.5) is 0 Å². The number of aryl methyl sites for hydroxylation is 1. The fraction of sp³-hybridized carbons (Fsp3) is 0.0714. The topological polar surface area (TPSA) is 17.1 Å². The summed E-state index contributed by atoms with van der Waals surface area (Å²) >= 11 is 0.153. The summed E-state index contributed by atoms with van der Waals surface area (Å²) < 4.78 is 1.25. The van der Waals surface area contributed by atoms with Gasteiger partial charge in [-0.1, -0.05) is 0 Å². The van der Waals surface area contributed by atoms with Gasteiger partial charge in [-0.05, 0) is 0 Å². The monoisotopic (exact) mass is 308 g/mol. The Morgan fingerprint density at radius 3 is 2.29 bits per heavy atom. The third-order valence-electron chi connectivity index (χ3n) is 2.24. The van der Waals surface area contributed by atoms with E-state index < -0.39 is 0 Å². The zero-order valence-corrected chi connectivity index (χ0v) is 12.0. The van der Waals surface area contributed by atoms with E-state index in [1.165, 1.54) is 20.2 Å². The first-order valence-corrected chi connectivity index (χ1v) is 8.96. The first-order valence-electron chi connectivity index (χ1n) is 5.26. The number of carbonyl (C=O) groups excluding carboxylic acids is 1. The van der Waals surface area contributed by atoms with E-state index in [-0.39, 0.29) is 19.0 Å². The second kappa shape index (κ2) is 6.06. The molecule has 0 radical (unpaired) electrons. The fourth-order valence-electron chi connectivity index (χ4n) is 1.30. The van der Waals surface area contributed by atoms with Gasteiger partial charge in [-0.15, -0.1) is 0 Å². The van der Waals surface area contributed by atoms with E-state index >= 15 is 0 Å². The molecule has 0 aliphatic heterocycles. The van der Waals surface area contributed by atoms with Crippen molar-refractivity contribution >= 4 is 33.6 Å². The number of hydrogen-bond donors (Lipinski definition) is 0. The van der Waals surface area contributed by atoms with Crippen molar-refractivity contribution in [1.29, 1.82) is 0 Å². The molecule has 0 heterocycles. The molecule has 86 valence electrons. The Morgan fingerprint density at radius 1 is 1.00 bits per heavy atom. The van der Waals surface area contributed by atoms with Gasteiger partial charge in [-0.2, -0.15) is 0 Å². The first-order chi connectivity index (χ1) is 8.25. The van der Waals surface area contributed by atoms with Crippen molar-refractivity contribution in [2.24, 2.45) is 0 Å². The van der Waals surface area contributed by atoms with E-state index in [1.807, 2.05) is 30.3 Å². The van der Waals surface area contributed by atoms with Crippen LogP contribution in [-0.2, 0) is 0 Å². The van der Waals surface area contributed by atoms with E-state index in [0.717, 1.165) is 5.56 Å². The van der Waals surface area contributed by atoms with Crippen LogP contribution in [0.1, 0.15) is 15.9 Å². The molecule has 0 saturated heterocycles. The van der Waals surface area contributed by atoms with Gasteiger partial charge in [0.05, 0.1) is 0 Å². The van der Waals surface area contributed by atoms with Crippen molar-refractivity contribution in [3.05, 3.63) is 65.7 Å². The van der Waals surface area contributed by atoms with Gasteiger partial charge in [0.1, 0.15) is 0 Å². The molecule has 0 amide bonds. The number of carbonyl (C=O) groups is 1. The molecule has 17 heavy (non-hydrogen) atoms. The van der Waals surface area contributed by atoms with Gasteiger partial charge in [0.25, 0.3) is 0 Å². The molecule has 0 atom stereocenters. The Labute approximate surface area is 111 Å². The molecule has 0 saturated carbocycles. The molecule has 0 spiro atoms. The molecule has 2 rings (SSSR count). The second-order valence-electron chi connectivity index (χ2n) is 3.63. The molecule has 0 N–H and O–H groups in total. The van der Waals surface area contributed by atoms with Crippen LogP contribution in [0.2, 0.25) is 0 Å². The Morgan fingerprint density at radius 2 is 1.65 bits per heavy atom. The van der Waals surface area contributed by atoms with Crippen LogP contribution >= 0.6 is 10.2 Å². The van der Waals surface area contributed by atoms with Crippen molar-refractivity contribution in [1.82, 2.24) is 0 Å². The summed E-state index contributed by atoms with van der Waals surface area (Å²) in [6.45, 7) is 2.07. The van der Waals surface area contributed by atoms with Gasteiger partial charge in [0, 0.05) is 0 Å². The Bertz CT molecular complexity index is 493. The molecule has 1 nitrogen and oxygen atoms in total. The van der Waals surface area contributed by atoms with Gasteiger partial charge >= 0.3 is 111 Å². The maximum absolute atomic E-state index is 11.9. The summed E-state index contributed by atoms with van der Waals surface area (Å²) in [5.41, 5.74) is 2.04. The van der Waals surface area contributed by atoms with Crippen LogP contribution < -0.4 is 4.46 Å². The Kier molecular flexibility index (Phi) is 4.43. The zero-order valence-electron chi connectivity index (χ0n) is 9.42. The van der Waals surface area contributed by atoms with E-state index in [2.05, 4.69) is 31.2 Å². The normalized spacial score (nSPS) is 10.2. The van der Waals surface area contributed by atoms with Gasteiger partial charge in [0.2, 0.25) is 0 Å². The van der Waals surface area contributed by atoms with Gasteiger partial charge in [-0.3, -0.25) is 0 Å². The first kappa shape index (κ1) is 12.4. The van der Waals surface area contributed by atoms with E-state index in [0.29, 0.717) is 0 Å². The molecule has 2 aromatic rings. The predicted molar refractivity (Wildman–Crippen MR) is 74.9 cm³/mol. The SMILES string of the molecule is Cc1ccc([Se]SC(=O)c2ccccc2)cc1. The molecule has 0 unspecified atom stereocenters. The summed E-state index contributed by atoms with van der Waals surface area (Å²) in [6, 6.07) is 17.8. The number of rotatable bonds is 3. The Hall–Kier alpha value is -1.02. The van der Waals surface area contributed by atoms with Crippen LogP contribution in [-0.4, -0.2) is 19.0 Å². The third-order valence-corrected chi connectivity index (χ3v) is 6.17. The van der Waals surface area contributed by atoms with Gasteiger partial charge in [-0.25, -0.2) is 0 Å². The quantitative estimate of drug-likeness (QED) is 0.811. The maximum atomic E-state index is 11.9. The Balaban J connectivity index is 1.95. The molecule has 3 heteroatoms. The van der Waals surface area contributed by atoms with Gasteiger partial charge in [0.15, 0.2) is 0 Å². The van der Waals surface area contributed by atoms with Crippen LogP contribution in [0.3, 0.4) is 0 Å². The summed E-state index contributed by atoms with van der Waals surface area (Å²) in [5.74, 6) is 0. The standard InChI is InChI=1S/C14H12OSSe/c1-11-7-9-13(10-8-11)17-16-14(15)12-5-3-2-4-6-12/h2-10H,1H3. The zero-order chi connectivity index (χ0) is 12.1. The van der Waals surface area contributed by atoms with Crippen LogP contribution in [0.5, 0.6) is 0 Å². The molecule has 0 fully saturated rings. The molecular weight excluding hydrogens is 295 g/mol. The van der Waals surface area contributed by atoms with Crippen LogP contribution in [0.15, 0.2) is 54.6 Å². The second-order valence-corrected chi connectivity index (χ2v) is 7.42. The van der Waals surface area contributed by atoms with E-state index in [9.17, 15) is 4.79 Å². The predicted octanol–water partition coefficient (Wildman–Crippen LogP) is 2.81. The van der Waals surface area contributed by atoms with Gasteiger partial charge < -0.3 is 0 Å². The van der Waals surface area contributed by atoms with E-state index in [1.54, 1.807) is 0 Å². The minimum atomic E-state index is 0.153. The molecule has 0 aromatic heterocycles. The van der Waals surface area contributed by atoms with Crippen molar-refractivity contribution in [3.8, 4) is 0 Å². The third kappa shape index (κ3) is 3.74. The molecule has 0 bridgehead atoms. The number of hydrogen-bond acceptors (Lipinski definition) is 2. The molecule has 2 aromatic carbocycles. The van der Waals surface area contributed by atoms with Crippen molar-refractivity contribution in [3.63, 3.8) is 0 Å². The summed E-state index contributed by atoms with van der Waals surface area (Å²) in [6.07, 6.45) is 0. The van der Waals surface area contributed by atoms with Crippen LogP contribution in [0.25, 0.3) is 0 Å². The van der Waals surface area contributed by atoms with Crippen LogP contribution in [0, 0.1) is 6.92 Å². The van der Waals surface area contributed by atoms with Crippen molar-refractivity contribution in [2.45, 2.75) is 6.92 Å². The molecular formula is C14H12OSSe. The van der Waals surface area contributed by atoms with Crippen molar-refractivity contribution < 1.29 is 4.79 Å². The van der Waals surface area contributed by atoms with Crippen molar-refractivity contribution in [2.75, 3.05) is 0 Å². The fourth-order valence-corrected chi connectivity index (χ4v) is 4.49.